The number of hydrogen-bond donors (Lipinski definition) is 2. The van der Waals surface area contributed by atoms with Gasteiger partial charge in [0.15, 0.2) is 0 Å². The van der Waals surface area contributed by atoms with E-state index >= 15 is 0 Å². The molecule has 1 aromatic heterocycles. The number of methoxy groups -OCH3 is 1. The molecule has 6 heteroatoms. The Labute approximate surface area is 133 Å². The fraction of sp³-hybridized carbons (Fsp3) is 0.118. The summed E-state index contributed by atoms with van der Waals surface area (Å²) in [5.41, 5.74) is 2.34. The molecule has 0 fully saturated rings. The van der Waals surface area contributed by atoms with Crippen LogP contribution < -0.4 is 15.4 Å². The van der Waals surface area contributed by atoms with Gasteiger partial charge in [-0.25, -0.2) is 9.97 Å². The fourth-order valence-electron chi connectivity index (χ4n) is 2.28. The zero-order chi connectivity index (χ0) is 16.2. The molecule has 3 rings (SSSR count). The van der Waals surface area contributed by atoms with Crippen LogP contribution in [0.3, 0.4) is 0 Å². The Bertz CT molecular complexity index is 864. The van der Waals surface area contributed by atoms with Crippen molar-refractivity contribution in [3.05, 3.63) is 48.8 Å². The number of anilines is 3. The quantitative estimate of drug-likeness (QED) is 0.773. The molecule has 0 bridgehead atoms. The Morgan fingerprint density at radius 1 is 1.09 bits per heavy atom. The summed E-state index contributed by atoms with van der Waals surface area (Å²) in [7, 11) is 1.62. The van der Waals surface area contributed by atoms with E-state index in [1.807, 2.05) is 42.5 Å². The van der Waals surface area contributed by atoms with E-state index in [2.05, 4.69) is 20.6 Å². The van der Waals surface area contributed by atoms with Gasteiger partial charge in [-0.05, 0) is 30.3 Å². The topological polar surface area (TPSA) is 76.1 Å². The molecule has 0 radical (unpaired) electrons. The molecule has 0 aliphatic heterocycles. The molecule has 2 N–H and O–H groups in total. The number of amides is 1. The Morgan fingerprint density at radius 3 is 2.70 bits per heavy atom. The molecule has 0 aliphatic rings. The van der Waals surface area contributed by atoms with Crippen LogP contribution in [-0.4, -0.2) is 23.0 Å². The van der Waals surface area contributed by atoms with Crippen LogP contribution in [0.2, 0.25) is 0 Å². The van der Waals surface area contributed by atoms with Crippen molar-refractivity contribution in [3.8, 4) is 5.75 Å². The molecule has 2 aromatic carbocycles. The fourth-order valence-corrected chi connectivity index (χ4v) is 2.28. The maximum atomic E-state index is 11.2. The van der Waals surface area contributed by atoms with Gasteiger partial charge in [0.25, 0.3) is 0 Å². The van der Waals surface area contributed by atoms with Crippen molar-refractivity contribution in [3.63, 3.8) is 0 Å². The van der Waals surface area contributed by atoms with Gasteiger partial charge in [0.1, 0.15) is 17.9 Å². The van der Waals surface area contributed by atoms with Gasteiger partial charge >= 0.3 is 0 Å². The molecule has 116 valence electrons. The van der Waals surface area contributed by atoms with E-state index in [1.54, 1.807) is 7.11 Å². The van der Waals surface area contributed by atoms with Crippen molar-refractivity contribution in [1.82, 2.24) is 9.97 Å². The predicted octanol–water partition coefficient (Wildman–Crippen LogP) is 3.34. The van der Waals surface area contributed by atoms with Crippen LogP contribution in [0.15, 0.2) is 48.8 Å². The number of nitrogens with zero attached hydrogens (tertiary/aromatic N) is 2. The van der Waals surface area contributed by atoms with E-state index in [1.165, 1.54) is 13.3 Å². The van der Waals surface area contributed by atoms with Crippen LogP contribution in [-0.2, 0) is 4.79 Å². The number of hydrogen-bond acceptors (Lipinski definition) is 5. The summed E-state index contributed by atoms with van der Waals surface area (Å²) in [5.74, 6) is 1.33. The second-order valence-corrected chi connectivity index (χ2v) is 4.99. The predicted molar refractivity (Wildman–Crippen MR) is 90.1 cm³/mol. The lowest BCUT2D eigenvalue weighted by Gasteiger charge is -2.10. The van der Waals surface area contributed by atoms with Crippen molar-refractivity contribution < 1.29 is 9.53 Å². The lowest BCUT2D eigenvalue weighted by atomic mass is 10.2. The van der Waals surface area contributed by atoms with Gasteiger partial charge in [-0.2, -0.15) is 0 Å². The van der Waals surface area contributed by atoms with E-state index in [9.17, 15) is 4.79 Å². The Kier molecular flexibility index (Phi) is 4.05. The van der Waals surface area contributed by atoms with E-state index in [0.29, 0.717) is 5.82 Å². The Hall–Kier alpha value is -3.15. The van der Waals surface area contributed by atoms with E-state index in [4.69, 9.17) is 4.74 Å². The van der Waals surface area contributed by atoms with E-state index in [-0.39, 0.29) is 5.91 Å². The first-order valence-corrected chi connectivity index (χ1v) is 7.09. The minimum Gasteiger partial charge on any atom is -0.497 e. The Morgan fingerprint density at radius 2 is 1.91 bits per heavy atom. The third-order valence-corrected chi connectivity index (χ3v) is 3.29. The van der Waals surface area contributed by atoms with E-state index < -0.39 is 0 Å². The van der Waals surface area contributed by atoms with Gasteiger partial charge < -0.3 is 15.4 Å². The molecular weight excluding hydrogens is 292 g/mol. The molecule has 1 amide bonds. The summed E-state index contributed by atoms with van der Waals surface area (Å²) in [4.78, 5) is 19.7. The summed E-state index contributed by atoms with van der Waals surface area (Å²) in [6, 6.07) is 13.1. The number of fused-ring (bicyclic) bond motifs is 1. The molecule has 3 aromatic rings. The third kappa shape index (κ3) is 3.37. The summed E-state index contributed by atoms with van der Waals surface area (Å²) in [6.45, 7) is 1.48. The monoisotopic (exact) mass is 308 g/mol. The van der Waals surface area contributed by atoms with Gasteiger partial charge in [-0.15, -0.1) is 0 Å². The second kappa shape index (κ2) is 6.31. The standard InChI is InChI=1S/C17H16N4O2/c1-11(22)20-12-4-3-5-13(8-12)21-17-15-7-6-14(23-2)9-16(15)18-10-19-17/h3-10H,1-2H3,(H,20,22)(H,18,19,21). The number of rotatable bonds is 4. The first-order chi connectivity index (χ1) is 11.2. The highest BCUT2D eigenvalue weighted by Gasteiger charge is 2.06. The van der Waals surface area contributed by atoms with E-state index in [0.717, 1.165) is 28.0 Å². The van der Waals surface area contributed by atoms with Crippen molar-refractivity contribution >= 4 is 34.0 Å². The minimum absolute atomic E-state index is 0.110. The van der Waals surface area contributed by atoms with Gasteiger partial charge in [0.05, 0.1) is 12.6 Å². The first-order valence-electron chi connectivity index (χ1n) is 7.09. The molecule has 0 saturated heterocycles. The number of aromatic nitrogens is 2. The number of carbonyl (C=O) groups excluding carboxylic acids is 1. The highest BCUT2D eigenvalue weighted by Crippen LogP contribution is 2.26. The van der Waals surface area contributed by atoms with Crippen LogP contribution in [0.5, 0.6) is 5.75 Å². The summed E-state index contributed by atoms with van der Waals surface area (Å²) in [5, 5.41) is 6.90. The van der Waals surface area contributed by atoms with Gasteiger partial charge in [-0.1, -0.05) is 6.07 Å². The average molecular weight is 308 g/mol. The van der Waals surface area contributed by atoms with Crippen LogP contribution in [0.4, 0.5) is 17.2 Å². The molecule has 0 saturated carbocycles. The number of ether oxygens (including phenoxy) is 1. The van der Waals surface area contributed by atoms with Gasteiger partial charge in [0, 0.05) is 29.8 Å². The normalized spacial score (nSPS) is 10.3. The lowest BCUT2D eigenvalue weighted by Crippen LogP contribution is -2.05. The van der Waals surface area contributed by atoms with Crippen molar-refractivity contribution in [1.29, 1.82) is 0 Å². The highest BCUT2D eigenvalue weighted by molar-refractivity contribution is 5.92. The third-order valence-electron chi connectivity index (χ3n) is 3.29. The molecule has 1 heterocycles. The average Bonchev–Trinajstić information content (AvgIpc) is 2.54. The van der Waals surface area contributed by atoms with Crippen molar-refractivity contribution in [2.45, 2.75) is 6.92 Å². The maximum Gasteiger partial charge on any atom is 0.221 e. The second-order valence-electron chi connectivity index (χ2n) is 4.99. The number of benzene rings is 2. The first kappa shape index (κ1) is 14.8. The molecule has 0 unspecified atom stereocenters. The summed E-state index contributed by atoms with van der Waals surface area (Å²) in [6.07, 6.45) is 1.50. The maximum absolute atomic E-state index is 11.2. The van der Waals surface area contributed by atoms with Crippen molar-refractivity contribution in [2.24, 2.45) is 0 Å². The van der Waals surface area contributed by atoms with Crippen LogP contribution in [0.25, 0.3) is 10.9 Å². The Balaban J connectivity index is 1.94. The van der Waals surface area contributed by atoms with Crippen LogP contribution >= 0.6 is 0 Å². The molecule has 23 heavy (non-hydrogen) atoms. The largest absolute Gasteiger partial charge is 0.497 e. The zero-order valence-electron chi connectivity index (χ0n) is 12.8. The van der Waals surface area contributed by atoms with Crippen molar-refractivity contribution in [2.75, 3.05) is 17.7 Å². The molecule has 0 spiro atoms. The minimum atomic E-state index is -0.110. The van der Waals surface area contributed by atoms with Crippen LogP contribution in [0, 0.1) is 0 Å². The molecule has 6 nitrogen and oxygen atoms in total. The van der Waals surface area contributed by atoms with Gasteiger partial charge in [0.2, 0.25) is 5.91 Å². The molecular formula is C17H16N4O2. The SMILES string of the molecule is COc1ccc2c(Nc3cccc(NC(C)=O)c3)ncnc2c1. The molecule has 0 aliphatic carbocycles. The van der Waals surface area contributed by atoms with Crippen LogP contribution in [0.1, 0.15) is 6.92 Å². The lowest BCUT2D eigenvalue weighted by molar-refractivity contribution is -0.114. The molecule has 0 atom stereocenters. The highest BCUT2D eigenvalue weighted by atomic mass is 16.5. The number of nitrogens with one attached hydrogen (secondary N) is 2. The smallest absolute Gasteiger partial charge is 0.221 e. The number of carbonyl (C=O) groups is 1. The summed E-state index contributed by atoms with van der Waals surface area (Å²) >= 11 is 0. The zero-order valence-corrected chi connectivity index (χ0v) is 12.8. The van der Waals surface area contributed by atoms with Gasteiger partial charge in [-0.3, -0.25) is 4.79 Å². The summed E-state index contributed by atoms with van der Waals surface area (Å²) < 4.78 is 5.21.